The highest BCUT2D eigenvalue weighted by Crippen LogP contribution is 2.39. The molecule has 0 heterocycles. The van der Waals surface area contributed by atoms with Gasteiger partial charge in [0, 0.05) is 5.54 Å². The second-order valence-corrected chi connectivity index (χ2v) is 9.69. The van der Waals surface area contributed by atoms with Crippen LogP contribution >= 0.6 is 11.6 Å². The minimum atomic E-state index is -3.94. The van der Waals surface area contributed by atoms with Gasteiger partial charge in [-0.25, -0.2) is 8.42 Å². The molecule has 8 heteroatoms. The number of carbonyl (C=O) groups is 1. The number of anilines is 1. The van der Waals surface area contributed by atoms with Crippen molar-refractivity contribution in [2.45, 2.75) is 43.0 Å². The maximum absolute atomic E-state index is 13.2. The summed E-state index contributed by atoms with van der Waals surface area (Å²) in [4.78, 5) is 12.1. The summed E-state index contributed by atoms with van der Waals surface area (Å²) in [5.41, 5.74) is 0.774. The van der Waals surface area contributed by atoms with Crippen molar-refractivity contribution in [2.75, 3.05) is 19.0 Å². The zero-order valence-corrected chi connectivity index (χ0v) is 18.2. The summed E-state index contributed by atoms with van der Waals surface area (Å²) < 4.78 is 31.7. The Labute approximate surface area is 171 Å². The molecule has 0 unspecified atom stereocenters. The summed E-state index contributed by atoms with van der Waals surface area (Å²) in [7, 11) is -2.53. The van der Waals surface area contributed by atoms with Crippen LogP contribution in [-0.4, -0.2) is 33.5 Å². The molecule has 0 aliphatic rings. The number of methoxy groups -OCH3 is 1. The van der Waals surface area contributed by atoms with Gasteiger partial charge < -0.3 is 15.4 Å². The van der Waals surface area contributed by atoms with Crippen LogP contribution in [0.15, 0.2) is 46.2 Å². The number of hydrogen-bond acceptors (Lipinski definition) is 5. The number of halogens is 1. The number of amides is 1. The largest absolute Gasteiger partial charge is 0.495 e. The maximum Gasteiger partial charge on any atom is 0.239 e. The van der Waals surface area contributed by atoms with Crippen LogP contribution in [0.4, 0.5) is 5.69 Å². The third kappa shape index (κ3) is 5.17. The van der Waals surface area contributed by atoms with E-state index in [9.17, 15) is 13.2 Å². The average molecular weight is 425 g/mol. The SMILES string of the molecule is COc1ccc(NCC(=O)NC(C)(C)C)c(S(=O)(=O)c2ccc(C)cc2)c1Cl. The van der Waals surface area contributed by atoms with Crippen LogP contribution in [0.5, 0.6) is 5.75 Å². The van der Waals surface area contributed by atoms with Crippen LogP contribution in [0.2, 0.25) is 5.02 Å². The Morgan fingerprint density at radius 3 is 2.25 bits per heavy atom. The van der Waals surface area contributed by atoms with Gasteiger partial charge in [-0.2, -0.15) is 0 Å². The Bertz CT molecular complexity index is 965. The predicted octanol–water partition coefficient (Wildman–Crippen LogP) is 3.82. The lowest BCUT2D eigenvalue weighted by Gasteiger charge is -2.21. The Balaban J connectivity index is 2.46. The number of rotatable bonds is 6. The zero-order valence-electron chi connectivity index (χ0n) is 16.6. The highest BCUT2D eigenvalue weighted by Gasteiger charge is 2.27. The van der Waals surface area contributed by atoms with Gasteiger partial charge in [-0.15, -0.1) is 0 Å². The monoisotopic (exact) mass is 424 g/mol. The van der Waals surface area contributed by atoms with Crippen molar-refractivity contribution in [2.24, 2.45) is 0 Å². The van der Waals surface area contributed by atoms with Crippen molar-refractivity contribution >= 4 is 33.0 Å². The Morgan fingerprint density at radius 1 is 1.11 bits per heavy atom. The topological polar surface area (TPSA) is 84.5 Å². The van der Waals surface area contributed by atoms with Crippen LogP contribution in [-0.2, 0) is 14.6 Å². The van der Waals surface area contributed by atoms with Gasteiger partial charge in [0.25, 0.3) is 0 Å². The zero-order chi connectivity index (χ0) is 21.1. The Kier molecular flexibility index (Phi) is 6.62. The molecule has 28 heavy (non-hydrogen) atoms. The molecule has 0 saturated carbocycles. The van der Waals surface area contributed by atoms with Gasteiger partial charge in [-0.05, 0) is 52.0 Å². The third-order valence-corrected chi connectivity index (χ3v) is 6.18. The Hall–Kier alpha value is -2.25. The molecule has 0 fully saturated rings. The van der Waals surface area contributed by atoms with E-state index in [4.69, 9.17) is 16.3 Å². The van der Waals surface area contributed by atoms with E-state index in [0.717, 1.165) is 5.56 Å². The minimum absolute atomic E-state index is 0.0377. The van der Waals surface area contributed by atoms with E-state index in [1.165, 1.54) is 25.3 Å². The van der Waals surface area contributed by atoms with E-state index in [0.29, 0.717) is 0 Å². The summed E-state index contributed by atoms with van der Waals surface area (Å²) >= 11 is 6.36. The molecular formula is C20H25ClN2O4S. The normalized spacial score (nSPS) is 11.8. The smallest absolute Gasteiger partial charge is 0.239 e. The molecule has 0 aromatic heterocycles. The molecule has 0 atom stereocenters. The predicted molar refractivity (Wildman–Crippen MR) is 111 cm³/mol. The van der Waals surface area contributed by atoms with Crippen molar-refractivity contribution in [1.29, 1.82) is 0 Å². The van der Waals surface area contributed by atoms with Crippen molar-refractivity contribution < 1.29 is 17.9 Å². The average Bonchev–Trinajstić information content (AvgIpc) is 2.58. The molecule has 0 spiro atoms. The fourth-order valence-electron chi connectivity index (χ4n) is 2.57. The van der Waals surface area contributed by atoms with Crippen LogP contribution < -0.4 is 15.4 Å². The van der Waals surface area contributed by atoms with E-state index < -0.39 is 15.4 Å². The molecule has 1 amide bonds. The number of hydrogen-bond donors (Lipinski definition) is 2. The van der Waals surface area contributed by atoms with Gasteiger partial charge in [0.2, 0.25) is 15.7 Å². The lowest BCUT2D eigenvalue weighted by molar-refractivity contribution is -0.120. The highest BCUT2D eigenvalue weighted by molar-refractivity contribution is 7.91. The molecule has 2 rings (SSSR count). The van der Waals surface area contributed by atoms with Gasteiger partial charge in [0.1, 0.15) is 15.7 Å². The van der Waals surface area contributed by atoms with Crippen LogP contribution in [0.25, 0.3) is 0 Å². The first kappa shape index (κ1) is 22.0. The maximum atomic E-state index is 13.2. The summed E-state index contributed by atoms with van der Waals surface area (Å²) in [6.07, 6.45) is 0. The first-order valence-corrected chi connectivity index (χ1v) is 10.5. The number of ether oxygens (including phenoxy) is 1. The molecule has 0 bridgehead atoms. The van der Waals surface area contributed by atoms with Crippen molar-refractivity contribution in [3.05, 3.63) is 47.0 Å². The van der Waals surface area contributed by atoms with Gasteiger partial charge >= 0.3 is 0 Å². The lowest BCUT2D eigenvalue weighted by Crippen LogP contribution is -2.43. The summed E-state index contributed by atoms with van der Waals surface area (Å²) in [5.74, 6) is -0.0322. The molecule has 6 nitrogen and oxygen atoms in total. The van der Waals surface area contributed by atoms with Gasteiger partial charge in [-0.3, -0.25) is 4.79 Å². The van der Waals surface area contributed by atoms with Crippen LogP contribution in [0.3, 0.4) is 0 Å². The van der Waals surface area contributed by atoms with E-state index in [1.807, 2.05) is 27.7 Å². The number of nitrogens with one attached hydrogen (secondary N) is 2. The Morgan fingerprint density at radius 2 is 1.71 bits per heavy atom. The standard InChI is InChI=1S/C20H25ClN2O4S/c1-13-6-8-14(9-7-13)28(25,26)19-15(10-11-16(27-5)18(19)21)22-12-17(24)23-20(2,3)4/h6-11,22H,12H2,1-5H3,(H,23,24). The summed E-state index contributed by atoms with van der Waals surface area (Å²) in [6, 6.07) is 9.57. The van der Waals surface area contributed by atoms with Crippen LogP contribution in [0, 0.1) is 6.92 Å². The van der Waals surface area contributed by atoms with Crippen LogP contribution in [0.1, 0.15) is 26.3 Å². The van der Waals surface area contributed by atoms with E-state index in [1.54, 1.807) is 18.2 Å². The lowest BCUT2D eigenvalue weighted by atomic mass is 10.1. The summed E-state index contributed by atoms with van der Waals surface area (Å²) in [5, 5.41) is 5.66. The van der Waals surface area contributed by atoms with Gasteiger partial charge in [-0.1, -0.05) is 29.3 Å². The van der Waals surface area contributed by atoms with E-state index >= 15 is 0 Å². The molecular weight excluding hydrogens is 400 g/mol. The second kappa shape index (κ2) is 8.41. The molecule has 0 radical (unpaired) electrons. The van der Waals surface area contributed by atoms with Crippen molar-refractivity contribution in [1.82, 2.24) is 5.32 Å². The highest BCUT2D eigenvalue weighted by atomic mass is 35.5. The van der Waals surface area contributed by atoms with Gasteiger partial charge in [0.15, 0.2) is 0 Å². The molecule has 0 aliphatic carbocycles. The third-order valence-electron chi connectivity index (χ3n) is 3.84. The minimum Gasteiger partial charge on any atom is -0.495 e. The van der Waals surface area contributed by atoms with Crippen molar-refractivity contribution in [3.63, 3.8) is 0 Å². The fourth-order valence-corrected chi connectivity index (χ4v) is 4.61. The van der Waals surface area contributed by atoms with E-state index in [2.05, 4.69) is 10.6 Å². The molecule has 2 aromatic carbocycles. The van der Waals surface area contributed by atoms with E-state index in [-0.39, 0.29) is 38.7 Å². The number of aryl methyl sites for hydroxylation is 1. The fraction of sp³-hybridized carbons (Fsp3) is 0.350. The van der Waals surface area contributed by atoms with Crippen molar-refractivity contribution in [3.8, 4) is 5.75 Å². The number of benzene rings is 2. The molecule has 2 N–H and O–H groups in total. The first-order chi connectivity index (χ1) is 13.0. The molecule has 2 aromatic rings. The second-order valence-electron chi connectivity index (χ2n) is 7.43. The molecule has 0 aliphatic heterocycles. The number of sulfone groups is 1. The quantitative estimate of drug-likeness (QED) is 0.736. The van der Waals surface area contributed by atoms with Gasteiger partial charge in [0.05, 0.1) is 24.2 Å². The molecule has 152 valence electrons. The number of carbonyl (C=O) groups excluding carboxylic acids is 1. The summed E-state index contributed by atoms with van der Waals surface area (Å²) in [6.45, 7) is 7.36. The first-order valence-electron chi connectivity index (χ1n) is 8.69. The molecule has 0 saturated heterocycles.